The van der Waals surface area contributed by atoms with Gasteiger partial charge in [-0.3, -0.25) is 9.59 Å². The Morgan fingerprint density at radius 3 is 2.64 bits per heavy atom. The third-order valence-corrected chi connectivity index (χ3v) is 5.21. The molecule has 2 aliphatic rings. The summed E-state index contributed by atoms with van der Waals surface area (Å²) in [5.41, 5.74) is -0.580. The van der Waals surface area contributed by atoms with E-state index in [2.05, 4.69) is 10.6 Å². The van der Waals surface area contributed by atoms with E-state index in [0.717, 1.165) is 44.5 Å². The van der Waals surface area contributed by atoms with Crippen molar-refractivity contribution in [3.05, 3.63) is 29.8 Å². The number of hydrogen-bond acceptors (Lipinski definition) is 3. The predicted octanol–water partition coefficient (Wildman–Crippen LogP) is 3.13. The SMILES string of the molecule is Cl.O=C(CCC1CCNCC1)NC1CC(=O)N(c2cccc(C(F)(F)F)c2)C1. The van der Waals surface area contributed by atoms with E-state index in [4.69, 9.17) is 0 Å². The molecule has 5 nitrogen and oxygen atoms in total. The van der Waals surface area contributed by atoms with Crippen molar-refractivity contribution in [2.45, 2.75) is 44.3 Å². The predicted molar refractivity (Wildman–Crippen MR) is 102 cm³/mol. The lowest BCUT2D eigenvalue weighted by Crippen LogP contribution is -2.37. The highest BCUT2D eigenvalue weighted by Gasteiger charge is 2.34. The molecular weight excluding hydrogens is 395 g/mol. The molecule has 1 aromatic carbocycles. The highest BCUT2D eigenvalue weighted by molar-refractivity contribution is 5.97. The number of nitrogens with one attached hydrogen (secondary N) is 2. The lowest BCUT2D eigenvalue weighted by molar-refractivity contribution is -0.137. The molecule has 2 amide bonds. The van der Waals surface area contributed by atoms with E-state index in [-0.39, 0.29) is 48.9 Å². The Morgan fingerprint density at radius 1 is 1.25 bits per heavy atom. The monoisotopic (exact) mass is 419 g/mol. The zero-order valence-corrected chi connectivity index (χ0v) is 16.2. The summed E-state index contributed by atoms with van der Waals surface area (Å²) in [6, 6.07) is 4.35. The average Bonchev–Trinajstić information content (AvgIpc) is 3.00. The first kappa shape index (κ1) is 22.5. The second-order valence-electron chi connectivity index (χ2n) is 7.25. The zero-order valence-electron chi connectivity index (χ0n) is 15.4. The van der Waals surface area contributed by atoms with E-state index < -0.39 is 11.7 Å². The highest BCUT2D eigenvalue weighted by Crippen LogP contribution is 2.32. The van der Waals surface area contributed by atoms with Gasteiger partial charge in [0.05, 0.1) is 11.6 Å². The van der Waals surface area contributed by atoms with Crippen LogP contribution in [0, 0.1) is 5.92 Å². The average molecular weight is 420 g/mol. The second kappa shape index (κ2) is 9.60. The molecule has 0 bridgehead atoms. The minimum absolute atomic E-state index is 0. The Bertz CT molecular complexity index is 693. The molecule has 0 spiro atoms. The van der Waals surface area contributed by atoms with E-state index >= 15 is 0 Å². The summed E-state index contributed by atoms with van der Waals surface area (Å²) >= 11 is 0. The number of amides is 2. The second-order valence-corrected chi connectivity index (χ2v) is 7.25. The van der Waals surface area contributed by atoms with Crippen molar-refractivity contribution in [1.82, 2.24) is 10.6 Å². The number of carbonyl (C=O) groups excluding carboxylic acids is 2. The number of carbonyl (C=O) groups is 2. The molecule has 2 N–H and O–H groups in total. The number of nitrogens with zero attached hydrogens (tertiary/aromatic N) is 1. The largest absolute Gasteiger partial charge is 0.416 e. The number of rotatable bonds is 5. The molecule has 2 aliphatic heterocycles. The van der Waals surface area contributed by atoms with Crippen molar-refractivity contribution >= 4 is 29.9 Å². The number of alkyl halides is 3. The molecule has 9 heteroatoms. The molecule has 2 fully saturated rings. The molecule has 1 unspecified atom stereocenters. The molecule has 1 atom stereocenters. The van der Waals surface area contributed by atoms with Crippen LogP contribution in [-0.2, 0) is 15.8 Å². The van der Waals surface area contributed by atoms with Crippen LogP contribution in [0.3, 0.4) is 0 Å². The highest BCUT2D eigenvalue weighted by atomic mass is 35.5. The molecule has 2 saturated heterocycles. The summed E-state index contributed by atoms with van der Waals surface area (Å²) < 4.78 is 38.6. The molecule has 156 valence electrons. The van der Waals surface area contributed by atoms with Gasteiger partial charge in [-0.05, 0) is 56.5 Å². The Balaban J connectivity index is 0.00000280. The summed E-state index contributed by atoms with van der Waals surface area (Å²) in [4.78, 5) is 25.7. The van der Waals surface area contributed by atoms with Crippen LogP contribution >= 0.6 is 12.4 Å². The molecule has 0 aliphatic carbocycles. The number of piperidine rings is 1. The molecular formula is C19H25ClF3N3O2. The van der Waals surface area contributed by atoms with Gasteiger partial charge in [0.1, 0.15) is 0 Å². The van der Waals surface area contributed by atoms with Crippen LogP contribution in [-0.4, -0.2) is 37.5 Å². The Labute approximate surface area is 168 Å². The van der Waals surface area contributed by atoms with Crippen molar-refractivity contribution < 1.29 is 22.8 Å². The molecule has 0 aromatic heterocycles. The van der Waals surface area contributed by atoms with Crippen LogP contribution in [0.2, 0.25) is 0 Å². The van der Waals surface area contributed by atoms with Crippen molar-refractivity contribution in [3.63, 3.8) is 0 Å². The first-order chi connectivity index (χ1) is 12.8. The van der Waals surface area contributed by atoms with Crippen LogP contribution in [0.25, 0.3) is 0 Å². The molecule has 28 heavy (non-hydrogen) atoms. The standard InChI is InChI=1S/C19H24F3N3O2.ClH/c20-19(21,22)14-2-1-3-16(10-14)25-12-15(11-18(25)27)24-17(26)5-4-13-6-8-23-9-7-13;/h1-3,10,13,15,23H,4-9,11-12H2,(H,24,26);1H. The van der Waals surface area contributed by atoms with E-state index in [1.54, 1.807) is 0 Å². The molecule has 1 aromatic rings. The van der Waals surface area contributed by atoms with Gasteiger partial charge in [-0.25, -0.2) is 0 Å². The van der Waals surface area contributed by atoms with Gasteiger partial charge in [-0.15, -0.1) is 12.4 Å². The molecule has 0 saturated carbocycles. The Morgan fingerprint density at radius 2 is 1.96 bits per heavy atom. The van der Waals surface area contributed by atoms with Crippen molar-refractivity contribution in [2.75, 3.05) is 24.5 Å². The third kappa shape index (κ3) is 5.85. The van der Waals surface area contributed by atoms with Gasteiger partial charge < -0.3 is 15.5 Å². The minimum atomic E-state index is -4.46. The van der Waals surface area contributed by atoms with Crippen LogP contribution in [0.1, 0.15) is 37.7 Å². The van der Waals surface area contributed by atoms with Crippen molar-refractivity contribution in [2.24, 2.45) is 5.92 Å². The van der Waals surface area contributed by atoms with Crippen LogP contribution in [0.5, 0.6) is 0 Å². The molecule has 0 radical (unpaired) electrons. The summed E-state index contributed by atoms with van der Waals surface area (Å²) in [5, 5.41) is 6.14. The normalized spacial score (nSPS) is 20.8. The van der Waals surface area contributed by atoms with Gasteiger partial charge in [-0.2, -0.15) is 13.2 Å². The van der Waals surface area contributed by atoms with Crippen molar-refractivity contribution in [3.8, 4) is 0 Å². The van der Waals surface area contributed by atoms with Gasteiger partial charge in [0, 0.05) is 25.1 Å². The number of hydrogen-bond donors (Lipinski definition) is 2. The van der Waals surface area contributed by atoms with Gasteiger partial charge in [0.2, 0.25) is 11.8 Å². The smallest absolute Gasteiger partial charge is 0.351 e. The van der Waals surface area contributed by atoms with E-state index in [9.17, 15) is 22.8 Å². The Kier molecular flexibility index (Phi) is 7.71. The Hall–Kier alpha value is -1.80. The lowest BCUT2D eigenvalue weighted by atomic mass is 9.93. The summed E-state index contributed by atoms with van der Waals surface area (Å²) in [5.74, 6) is 0.166. The van der Waals surface area contributed by atoms with Crippen LogP contribution in [0.4, 0.5) is 18.9 Å². The van der Waals surface area contributed by atoms with Crippen LogP contribution < -0.4 is 15.5 Å². The van der Waals surface area contributed by atoms with Crippen LogP contribution in [0.15, 0.2) is 24.3 Å². The maximum absolute atomic E-state index is 12.9. The number of anilines is 1. The quantitative estimate of drug-likeness (QED) is 0.770. The zero-order chi connectivity index (χ0) is 19.4. The van der Waals surface area contributed by atoms with Crippen molar-refractivity contribution in [1.29, 1.82) is 0 Å². The topological polar surface area (TPSA) is 61.4 Å². The summed E-state index contributed by atoms with van der Waals surface area (Å²) in [7, 11) is 0. The van der Waals surface area contributed by atoms with Gasteiger partial charge in [-0.1, -0.05) is 6.07 Å². The fourth-order valence-electron chi connectivity index (χ4n) is 3.71. The van der Waals surface area contributed by atoms with E-state index in [1.807, 2.05) is 0 Å². The fraction of sp³-hybridized carbons (Fsp3) is 0.579. The van der Waals surface area contributed by atoms with E-state index in [0.29, 0.717) is 12.3 Å². The van der Waals surface area contributed by atoms with Gasteiger partial charge in [0.25, 0.3) is 0 Å². The number of halogens is 4. The maximum Gasteiger partial charge on any atom is 0.416 e. The first-order valence-electron chi connectivity index (χ1n) is 9.30. The summed E-state index contributed by atoms with van der Waals surface area (Å²) in [6.07, 6.45) is -0.974. The lowest BCUT2D eigenvalue weighted by Gasteiger charge is -2.22. The van der Waals surface area contributed by atoms with Gasteiger partial charge >= 0.3 is 6.18 Å². The van der Waals surface area contributed by atoms with Gasteiger partial charge in [0.15, 0.2) is 0 Å². The third-order valence-electron chi connectivity index (χ3n) is 5.21. The fourth-order valence-corrected chi connectivity index (χ4v) is 3.71. The number of benzene rings is 1. The molecule has 2 heterocycles. The minimum Gasteiger partial charge on any atom is -0.351 e. The molecule has 3 rings (SSSR count). The first-order valence-corrected chi connectivity index (χ1v) is 9.30. The summed E-state index contributed by atoms with van der Waals surface area (Å²) in [6.45, 7) is 2.16. The van der Waals surface area contributed by atoms with E-state index in [1.165, 1.54) is 17.0 Å². The maximum atomic E-state index is 12.9.